The molecule has 5 nitrogen and oxygen atoms in total. The summed E-state index contributed by atoms with van der Waals surface area (Å²) in [6.07, 6.45) is 0. The number of para-hydroxylation sites is 1. The zero-order valence-corrected chi connectivity index (χ0v) is 20.1. The van der Waals surface area contributed by atoms with Crippen LogP contribution in [0.3, 0.4) is 0 Å². The second-order valence-electron chi connectivity index (χ2n) is 7.92. The number of rotatable bonds is 5. The lowest BCUT2D eigenvalue weighted by atomic mass is 9.90. The smallest absolute Gasteiger partial charge is 0.238 e. The van der Waals surface area contributed by atoms with E-state index in [2.05, 4.69) is 15.6 Å². The summed E-state index contributed by atoms with van der Waals surface area (Å²) >= 11 is 6.96. The molecule has 0 unspecified atom stereocenters. The van der Waals surface area contributed by atoms with Crippen molar-refractivity contribution < 1.29 is 9.90 Å². The monoisotopic (exact) mass is 495 g/mol. The van der Waals surface area contributed by atoms with E-state index in [0.29, 0.717) is 16.3 Å². The predicted octanol–water partition coefficient (Wildman–Crippen LogP) is 6.31. The lowest BCUT2D eigenvalue weighted by molar-refractivity contribution is -0.120. The maximum atomic E-state index is 13.3. The van der Waals surface area contributed by atoms with Crippen molar-refractivity contribution in [2.45, 2.75) is 5.92 Å². The molecule has 0 bridgehead atoms. The summed E-state index contributed by atoms with van der Waals surface area (Å²) in [6, 6.07) is 32.1. The fourth-order valence-electron chi connectivity index (χ4n) is 3.91. The predicted molar refractivity (Wildman–Crippen MR) is 146 cm³/mol. The number of thiocarbonyl (C=S) groups is 1. The quantitative estimate of drug-likeness (QED) is 0.197. The number of phenols is 1. The van der Waals surface area contributed by atoms with Crippen molar-refractivity contribution in [2.24, 2.45) is 0 Å². The van der Waals surface area contributed by atoms with Crippen molar-refractivity contribution in [2.75, 3.05) is 5.32 Å². The number of hydrogen-bond acceptors (Lipinski definition) is 5. The van der Waals surface area contributed by atoms with Crippen LogP contribution < -0.4 is 10.6 Å². The van der Waals surface area contributed by atoms with Crippen LogP contribution in [-0.2, 0) is 4.79 Å². The van der Waals surface area contributed by atoms with Crippen LogP contribution >= 0.6 is 23.6 Å². The first-order chi connectivity index (χ1) is 17.1. The minimum Gasteiger partial charge on any atom is -0.507 e. The van der Waals surface area contributed by atoms with Gasteiger partial charge < -0.3 is 15.7 Å². The lowest BCUT2D eigenvalue weighted by Gasteiger charge is -2.19. The molecule has 0 fully saturated rings. The van der Waals surface area contributed by atoms with Crippen LogP contribution in [0.25, 0.3) is 20.8 Å². The van der Waals surface area contributed by atoms with Gasteiger partial charge in [0.15, 0.2) is 5.11 Å². The lowest BCUT2D eigenvalue weighted by Crippen LogP contribution is -2.37. The summed E-state index contributed by atoms with van der Waals surface area (Å²) in [5.41, 5.74) is 3.86. The Bertz CT molecular complexity index is 1430. The van der Waals surface area contributed by atoms with E-state index in [9.17, 15) is 9.90 Å². The highest BCUT2D eigenvalue weighted by molar-refractivity contribution is 7.80. The van der Waals surface area contributed by atoms with E-state index in [1.807, 2.05) is 84.9 Å². The van der Waals surface area contributed by atoms with Gasteiger partial charge in [0.2, 0.25) is 5.91 Å². The van der Waals surface area contributed by atoms with Gasteiger partial charge >= 0.3 is 0 Å². The highest BCUT2D eigenvalue weighted by Crippen LogP contribution is 2.36. The molecule has 3 N–H and O–H groups in total. The molecule has 1 aromatic heterocycles. The van der Waals surface area contributed by atoms with Crippen molar-refractivity contribution in [1.29, 1.82) is 0 Å². The minimum absolute atomic E-state index is 0.123. The van der Waals surface area contributed by atoms with Gasteiger partial charge in [-0.15, -0.1) is 11.3 Å². The molecule has 7 heteroatoms. The molecular formula is C28H21N3O2S2. The normalized spacial score (nSPS) is 10.9. The van der Waals surface area contributed by atoms with E-state index < -0.39 is 5.92 Å². The molecule has 0 aliphatic heterocycles. The second-order valence-corrected chi connectivity index (χ2v) is 9.36. The second kappa shape index (κ2) is 10.0. The van der Waals surface area contributed by atoms with Crippen molar-refractivity contribution in [3.8, 4) is 16.3 Å². The number of fused-ring (bicyclic) bond motifs is 1. The van der Waals surface area contributed by atoms with Gasteiger partial charge in [-0.1, -0.05) is 72.8 Å². The molecule has 1 amide bonds. The van der Waals surface area contributed by atoms with Crippen LogP contribution in [0.15, 0.2) is 103 Å². The Morgan fingerprint density at radius 3 is 2.14 bits per heavy atom. The number of nitrogens with one attached hydrogen (secondary N) is 2. The fourth-order valence-corrected chi connectivity index (χ4v) is 5.11. The van der Waals surface area contributed by atoms with Gasteiger partial charge in [0.1, 0.15) is 10.8 Å². The van der Waals surface area contributed by atoms with E-state index in [-0.39, 0.29) is 16.8 Å². The number of aromatic hydroxyl groups is 1. The Balaban J connectivity index is 1.36. The van der Waals surface area contributed by atoms with Gasteiger partial charge in [-0.05, 0) is 53.7 Å². The van der Waals surface area contributed by atoms with E-state index in [1.165, 1.54) is 11.3 Å². The van der Waals surface area contributed by atoms with Gasteiger partial charge in [-0.3, -0.25) is 4.79 Å². The van der Waals surface area contributed by atoms with Crippen molar-refractivity contribution in [3.05, 3.63) is 114 Å². The third-order valence-corrected chi connectivity index (χ3v) is 6.82. The maximum Gasteiger partial charge on any atom is 0.238 e. The Hall–Kier alpha value is -4.07. The Labute approximate surface area is 212 Å². The van der Waals surface area contributed by atoms with E-state index in [0.717, 1.165) is 21.3 Å². The number of benzene rings is 4. The summed E-state index contributed by atoms with van der Waals surface area (Å²) in [5, 5.41) is 17.2. The average molecular weight is 496 g/mol. The number of phenolic OH excluding ortho intramolecular Hbond substituents is 1. The van der Waals surface area contributed by atoms with E-state index >= 15 is 0 Å². The summed E-state index contributed by atoms with van der Waals surface area (Å²) in [4.78, 5) is 17.9. The first-order valence-corrected chi connectivity index (χ1v) is 12.2. The molecule has 0 saturated heterocycles. The highest BCUT2D eigenvalue weighted by Gasteiger charge is 2.23. The van der Waals surface area contributed by atoms with Gasteiger partial charge in [0, 0.05) is 5.69 Å². The maximum absolute atomic E-state index is 13.3. The molecule has 5 aromatic rings. The van der Waals surface area contributed by atoms with E-state index in [4.69, 9.17) is 12.2 Å². The summed E-state index contributed by atoms with van der Waals surface area (Å²) in [6.45, 7) is 0. The van der Waals surface area contributed by atoms with Gasteiger partial charge in [0.05, 0.1) is 21.7 Å². The van der Waals surface area contributed by atoms with Crippen LogP contribution in [0, 0.1) is 0 Å². The molecule has 5 rings (SSSR count). The summed E-state index contributed by atoms with van der Waals surface area (Å²) in [7, 11) is 0. The first kappa shape index (κ1) is 22.7. The molecule has 0 aliphatic carbocycles. The molecule has 0 saturated carbocycles. The number of nitrogens with zero attached hydrogens (tertiary/aromatic N) is 1. The average Bonchev–Trinajstić information content (AvgIpc) is 3.31. The molecule has 0 atom stereocenters. The number of thiazole rings is 1. The zero-order chi connectivity index (χ0) is 24.2. The first-order valence-electron chi connectivity index (χ1n) is 11.0. The van der Waals surface area contributed by atoms with Crippen LogP contribution in [0.5, 0.6) is 5.75 Å². The van der Waals surface area contributed by atoms with Crippen LogP contribution in [0.4, 0.5) is 5.69 Å². The van der Waals surface area contributed by atoms with Gasteiger partial charge in [-0.2, -0.15) is 0 Å². The number of amides is 1. The minimum atomic E-state index is -0.504. The standard InChI is InChI=1S/C28H21N3O2S2/c32-23-16-15-20(17-21(23)27-30-22-13-7-8-14-24(22)35-27)29-28(34)31-26(33)25(18-9-3-1-4-10-18)19-11-5-2-6-12-19/h1-17,25,32H,(H2,29,31,33,34). The van der Waals surface area contributed by atoms with Crippen molar-refractivity contribution in [3.63, 3.8) is 0 Å². The third kappa shape index (κ3) is 5.06. The molecule has 1 heterocycles. The number of aromatic nitrogens is 1. The SMILES string of the molecule is O=C(NC(=S)Nc1ccc(O)c(-c2nc3ccccc3s2)c1)C(c1ccccc1)c1ccccc1. The largest absolute Gasteiger partial charge is 0.507 e. The number of hydrogen-bond donors (Lipinski definition) is 3. The molecule has 4 aromatic carbocycles. The molecule has 35 heavy (non-hydrogen) atoms. The fraction of sp³-hybridized carbons (Fsp3) is 0.0357. The highest BCUT2D eigenvalue weighted by atomic mass is 32.1. The topological polar surface area (TPSA) is 74.2 Å². The molecular weight excluding hydrogens is 474 g/mol. The molecule has 172 valence electrons. The number of carbonyl (C=O) groups excluding carboxylic acids is 1. The third-order valence-electron chi connectivity index (χ3n) is 5.54. The summed E-state index contributed by atoms with van der Waals surface area (Å²) in [5.74, 6) is -0.613. The molecule has 0 radical (unpaired) electrons. The van der Waals surface area contributed by atoms with Gasteiger partial charge in [0.25, 0.3) is 0 Å². The summed E-state index contributed by atoms with van der Waals surface area (Å²) < 4.78 is 1.04. The van der Waals surface area contributed by atoms with E-state index in [1.54, 1.807) is 18.2 Å². The zero-order valence-electron chi connectivity index (χ0n) is 18.5. The Kier molecular flexibility index (Phi) is 6.52. The van der Waals surface area contributed by atoms with Crippen molar-refractivity contribution >= 4 is 50.5 Å². The van der Waals surface area contributed by atoms with Crippen LogP contribution in [0.1, 0.15) is 17.0 Å². The number of anilines is 1. The van der Waals surface area contributed by atoms with Crippen LogP contribution in [0.2, 0.25) is 0 Å². The Morgan fingerprint density at radius 1 is 0.857 bits per heavy atom. The molecule has 0 spiro atoms. The number of carbonyl (C=O) groups is 1. The van der Waals surface area contributed by atoms with Crippen molar-refractivity contribution in [1.82, 2.24) is 10.3 Å². The van der Waals surface area contributed by atoms with Gasteiger partial charge in [-0.25, -0.2) is 4.98 Å². The van der Waals surface area contributed by atoms with Crippen LogP contribution in [-0.4, -0.2) is 21.1 Å². The molecule has 0 aliphatic rings. The Morgan fingerprint density at radius 2 is 1.49 bits per heavy atom.